The summed E-state index contributed by atoms with van der Waals surface area (Å²) in [6.07, 6.45) is 1.28. The number of hydrogen-bond donors (Lipinski definition) is 1. The molecule has 0 spiro atoms. The predicted molar refractivity (Wildman–Crippen MR) is 98.6 cm³/mol. The van der Waals surface area contributed by atoms with Gasteiger partial charge in [0, 0.05) is 37.8 Å². The summed E-state index contributed by atoms with van der Waals surface area (Å²) in [5.41, 5.74) is 0.734. The molecule has 0 bridgehead atoms. The van der Waals surface area contributed by atoms with E-state index < -0.39 is 0 Å². The molecule has 0 unspecified atom stereocenters. The van der Waals surface area contributed by atoms with E-state index in [1.165, 1.54) is 0 Å². The summed E-state index contributed by atoms with van der Waals surface area (Å²) in [6.45, 7) is 2.90. The maximum absolute atomic E-state index is 12.8. The number of hydrogen-bond acceptors (Lipinski definition) is 5. The van der Waals surface area contributed by atoms with Gasteiger partial charge in [-0.15, -0.1) is 0 Å². The van der Waals surface area contributed by atoms with Crippen LogP contribution in [0.2, 0.25) is 0 Å². The van der Waals surface area contributed by atoms with Crippen LogP contribution in [0.15, 0.2) is 18.2 Å². The zero-order valence-corrected chi connectivity index (χ0v) is 15.7. The average Bonchev–Trinajstić information content (AvgIpc) is 3.27. The highest BCUT2D eigenvalue weighted by atomic mass is 16.5. The Balaban J connectivity index is 1.68. The SMILES string of the molecule is CNC[C@@H]1CCN(C(=O)[C@H]2CC(=O)N(c3ccc(OC)c(OC)c3)C2)C1. The third-order valence-electron chi connectivity index (χ3n) is 5.24. The maximum atomic E-state index is 12.8. The number of methoxy groups -OCH3 is 2. The van der Waals surface area contributed by atoms with Gasteiger partial charge in [0.25, 0.3) is 0 Å². The fraction of sp³-hybridized carbons (Fsp3) is 0.579. The van der Waals surface area contributed by atoms with E-state index in [0.717, 1.165) is 31.7 Å². The molecule has 0 radical (unpaired) electrons. The Kier molecular flexibility index (Phi) is 5.66. The Morgan fingerprint density at radius 2 is 2.00 bits per heavy atom. The van der Waals surface area contributed by atoms with E-state index >= 15 is 0 Å². The second kappa shape index (κ2) is 7.95. The summed E-state index contributed by atoms with van der Waals surface area (Å²) in [5, 5.41) is 3.17. The number of amides is 2. The highest BCUT2D eigenvalue weighted by molar-refractivity contribution is 6.00. The van der Waals surface area contributed by atoms with Gasteiger partial charge >= 0.3 is 0 Å². The highest BCUT2D eigenvalue weighted by Crippen LogP contribution is 2.34. The Morgan fingerprint density at radius 1 is 1.23 bits per heavy atom. The summed E-state index contributed by atoms with van der Waals surface area (Å²) in [5.74, 6) is 1.48. The predicted octanol–water partition coefficient (Wildman–Crippen LogP) is 1.12. The molecule has 3 rings (SSSR count). The lowest BCUT2D eigenvalue weighted by molar-refractivity contribution is -0.134. The van der Waals surface area contributed by atoms with Crippen molar-refractivity contribution in [3.8, 4) is 11.5 Å². The zero-order chi connectivity index (χ0) is 18.7. The van der Waals surface area contributed by atoms with Gasteiger partial charge in [-0.25, -0.2) is 0 Å². The van der Waals surface area contributed by atoms with Gasteiger partial charge in [-0.3, -0.25) is 9.59 Å². The molecule has 7 heteroatoms. The Hall–Kier alpha value is -2.28. The molecule has 2 fully saturated rings. The Bertz CT molecular complexity index is 679. The molecule has 2 aliphatic heterocycles. The van der Waals surface area contributed by atoms with Crippen LogP contribution in [0.5, 0.6) is 11.5 Å². The summed E-state index contributed by atoms with van der Waals surface area (Å²) in [6, 6.07) is 5.38. The second-order valence-corrected chi connectivity index (χ2v) is 6.94. The smallest absolute Gasteiger partial charge is 0.228 e. The van der Waals surface area contributed by atoms with Crippen LogP contribution in [0.1, 0.15) is 12.8 Å². The van der Waals surface area contributed by atoms with Gasteiger partial charge in [0.1, 0.15) is 0 Å². The van der Waals surface area contributed by atoms with Crippen LogP contribution in [-0.2, 0) is 9.59 Å². The molecule has 7 nitrogen and oxygen atoms in total. The first kappa shape index (κ1) is 18.5. The van der Waals surface area contributed by atoms with Crippen molar-refractivity contribution in [3.05, 3.63) is 18.2 Å². The van der Waals surface area contributed by atoms with Gasteiger partial charge in [-0.2, -0.15) is 0 Å². The molecule has 1 aromatic carbocycles. The normalized spacial score (nSPS) is 22.8. The fourth-order valence-electron chi connectivity index (χ4n) is 3.86. The maximum Gasteiger partial charge on any atom is 0.228 e. The van der Waals surface area contributed by atoms with Crippen molar-refractivity contribution in [3.63, 3.8) is 0 Å². The average molecular weight is 361 g/mol. The number of benzene rings is 1. The molecular formula is C19H27N3O4. The standard InChI is InChI=1S/C19H27N3O4/c1-20-10-13-6-7-21(11-13)19(24)14-8-18(23)22(12-14)15-4-5-16(25-2)17(9-15)26-3/h4-5,9,13-14,20H,6-8,10-12H2,1-3H3/t13-,14-/m0/s1. The molecule has 2 amide bonds. The number of carbonyl (C=O) groups is 2. The number of anilines is 1. The Labute approximate surface area is 154 Å². The number of rotatable bonds is 6. The second-order valence-electron chi connectivity index (χ2n) is 6.94. The van der Waals surface area contributed by atoms with Crippen LogP contribution in [0, 0.1) is 11.8 Å². The van der Waals surface area contributed by atoms with Crippen LogP contribution in [0.25, 0.3) is 0 Å². The van der Waals surface area contributed by atoms with Crippen molar-refractivity contribution in [2.24, 2.45) is 11.8 Å². The topological polar surface area (TPSA) is 71.1 Å². The molecule has 2 heterocycles. The lowest BCUT2D eigenvalue weighted by Gasteiger charge is -2.21. The third kappa shape index (κ3) is 3.62. The molecule has 1 N–H and O–H groups in total. The van der Waals surface area contributed by atoms with Gasteiger partial charge in [0.2, 0.25) is 11.8 Å². The van der Waals surface area contributed by atoms with Crippen LogP contribution in [0.3, 0.4) is 0 Å². The van der Waals surface area contributed by atoms with E-state index in [1.807, 2.05) is 18.0 Å². The van der Waals surface area contributed by atoms with Crippen molar-refractivity contribution in [1.82, 2.24) is 10.2 Å². The van der Waals surface area contributed by atoms with Gasteiger partial charge in [-0.05, 0) is 38.1 Å². The van der Waals surface area contributed by atoms with E-state index in [2.05, 4.69) is 5.32 Å². The van der Waals surface area contributed by atoms with Crippen molar-refractivity contribution in [2.45, 2.75) is 12.8 Å². The van der Waals surface area contributed by atoms with E-state index in [9.17, 15) is 9.59 Å². The summed E-state index contributed by atoms with van der Waals surface area (Å²) in [4.78, 5) is 28.9. The van der Waals surface area contributed by atoms with E-state index in [4.69, 9.17) is 9.47 Å². The van der Waals surface area contributed by atoms with Gasteiger partial charge in [-0.1, -0.05) is 0 Å². The highest BCUT2D eigenvalue weighted by Gasteiger charge is 2.39. The zero-order valence-electron chi connectivity index (χ0n) is 15.7. The molecule has 0 aliphatic carbocycles. The van der Waals surface area contributed by atoms with E-state index in [-0.39, 0.29) is 24.2 Å². The van der Waals surface area contributed by atoms with Crippen molar-refractivity contribution >= 4 is 17.5 Å². The minimum absolute atomic E-state index is 0.0264. The molecule has 0 saturated carbocycles. The van der Waals surface area contributed by atoms with Crippen LogP contribution >= 0.6 is 0 Å². The minimum atomic E-state index is -0.274. The summed E-state index contributed by atoms with van der Waals surface area (Å²) < 4.78 is 10.6. The van der Waals surface area contributed by atoms with Gasteiger partial charge in [0.15, 0.2) is 11.5 Å². The number of nitrogens with one attached hydrogen (secondary N) is 1. The monoisotopic (exact) mass is 361 g/mol. The van der Waals surface area contributed by atoms with Crippen molar-refractivity contribution in [1.29, 1.82) is 0 Å². The number of nitrogens with zero attached hydrogens (tertiary/aromatic N) is 2. The third-order valence-corrected chi connectivity index (χ3v) is 5.24. The number of likely N-dealkylation sites (tertiary alicyclic amines) is 1. The Morgan fingerprint density at radius 3 is 2.69 bits per heavy atom. The molecule has 2 atom stereocenters. The molecular weight excluding hydrogens is 334 g/mol. The molecule has 2 saturated heterocycles. The summed E-state index contributed by atoms with van der Waals surface area (Å²) in [7, 11) is 5.07. The largest absolute Gasteiger partial charge is 0.493 e. The first-order valence-electron chi connectivity index (χ1n) is 9.03. The molecule has 0 aromatic heterocycles. The van der Waals surface area contributed by atoms with Gasteiger partial charge < -0.3 is 24.6 Å². The molecule has 1 aromatic rings. The van der Waals surface area contributed by atoms with Crippen LogP contribution in [-0.4, -0.2) is 64.2 Å². The lowest BCUT2D eigenvalue weighted by atomic mass is 10.1. The first-order valence-corrected chi connectivity index (χ1v) is 9.03. The number of ether oxygens (including phenoxy) is 2. The van der Waals surface area contributed by atoms with Gasteiger partial charge in [0.05, 0.1) is 20.1 Å². The van der Waals surface area contributed by atoms with E-state index in [0.29, 0.717) is 24.0 Å². The van der Waals surface area contributed by atoms with Crippen LogP contribution in [0.4, 0.5) is 5.69 Å². The summed E-state index contributed by atoms with van der Waals surface area (Å²) >= 11 is 0. The van der Waals surface area contributed by atoms with E-state index in [1.54, 1.807) is 31.3 Å². The first-order chi connectivity index (χ1) is 12.6. The fourth-order valence-corrected chi connectivity index (χ4v) is 3.86. The molecule has 26 heavy (non-hydrogen) atoms. The van der Waals surface area contributed by atoms with Crippen molar-refractivity contribution in [2.75, 3.05) is 52.3 Å². The van der Waals surface area contributed by atoms with Crippen molar-refractivity contribution < 1.29 is 19.1 Å². The lowest BCUT2D eigenvalue weighted by Crippen LogP contribution is -2.36. The molecule has 2 aliphatic rings. The van der Waals surface area contributed by atoms with Crippen LogP contribution < -0.4 is 19.7 Å². The molecule has 142 valence electrons. The number of carbonyl (C=O) groups excluding carboxylic acids is 2. The quantitative estimate of drug-likeness (QED) is 0.822. The minimum Gasteiger partial charge on any atom is -0.493 e.